The number of hydrogen-bond donors (Lipinski definition) is 2. The maximum atomic E-state index is 12.4. The molecule has 1 aromatic heterocycles. The van der Waals surface area contributed by atoms with Gasteiger partial charge in [0.2, 0.25) is 5.91 Å². The van der Waals surface area contributed by atoms with Crippen LogP contribution in [0.2, 0.25) is 5.02 Å². The van der Waals surface area contributed by atoms with Crippen LogP contribution in [-0.4, -0.2) is 23.2 Å². The fourth-order valence-corrected chi connectivity index (χ4v) is 4.70. The maximum Gasteiger partial charge on any atom is 0.337 e. The number of benzene rings is 1. The lowest BCUT2D eigenvalue weighted by atomic mass is 9.90. The summed E-state index contributed by atoms with van der Waals surface area (Å²) in [5.41, 5.74) is 3.38. The fourth-order valence-electron chi connectivity index (χ4n) is 4.50. The van der Waals surface area contributed by atoms with Crippen LogP contribution in [0.1, 0.15) is 48.7 Å². The Labute approximate surface area is 167 Å². The lowest BCUT2D eigenvalue weighted by Gasteiger charge is -2.15. The molecule has 28 heavy (non-hydrogen) atoms. The van der Waals surface area contributed by atoms with Crippen LogP contribution in [0.15, 0.2) is 39.9 Å². The van der Waals surface area contributed by atoms with E-state index < -0.39 is 5.97 Å². The Hall–Kier alpha value is -2.60. The normalized spacial score (nSPS) is 26.1. The number of amides is 1. The summed E-state index contributed by atoms with van der Waals surface area (Å²) in [4.78, 5) is 23.6. The fraction of sp³-hybridized carbons (Fsp3) is 0.381. The molecule has 2 fully saturated rings. The summed E-state index contributed by atoms with van der Waals surface area (Å²) in [6, 6.07) is 8.09. The molecule has 7 heteroatoms. The molecular formula is C21H21ClN2O4. The molecule has 2 aliphatic carbocycles. The second kappa shape index (κ2) is 7.09. The van der Waals surface area contributed by atoms with Gasteiger partial charge in [0.1, 0.15) is 11.5 Å². The van der Waals surface area contributed by atoms with Crippen molar-refractivity contribution in [3.8, 4) is 11.3 Å². The first-order valence-corrected chi connectivity index (χ1v) is 9.74. The molecule has 3 atom stereocenters. The Balaban J connectivity index is 1.41. The van der Waals surface area contributed by atoms with E-state index in [-0.39, 0.29) is 27.8 Å². The number of hydrazone groups is 1. The van der Waals surface area contributed by atoms with E-state index in [0.29, 0.717) is 23.0 Å². The van der Waals surface area contributed by atoms with E-state index in [4.69, 9.17) is 16.0 Å². The number of carbonyl (C=O) groups is 2. The Morgan fingerprint density at radius 3 is 2.86 bits per heavy atom. The van der Waals surface area contributed by atoms with Gasteiger partial charge in [0.15, 0.2) is 0 Å². The summed E-state index contributed by atoms with van der Waals surface area (Å²) in [6.45, 7) is 2.20. The molecule has 0 bridgehead atoms. The molecule has 0 aliphatic heterocycles. The molecule has 2 aromatic rings. The van der Waals surface area contributed by atoms with Gasteiger partial charge in [-0.1, -0.05) is 31.4 Å². The summed E-state index contributed by atoms with van der Waals surface area (Å²) < 4.78 is 5.68. The van der Waals surface area contributed by atoms with Crippen LogP contribution in [0.25, 0.3) is 11.3 Å². The molecule has 0 saturated heterocycles. The van der Waals surface area contributed by atoms with Gasteiger partial charge < -0.3 is 9.52 Å². The molecule has 2 aliphatic rings. The zero-order chi connectivity index (χ0) is 19.9. The standard InChI is InChI=1S/C21H21ClN2O4/c1-21-9-3-2-4-15(21)18(21)19(25)24-23-11-13-6-8-17(28-13)12-5-7-16(22)14(10-12)20(26)27/h5-8,10-11,15,18H,2-4,9H2,1H3,(H,24,25)(H,26,27)/b23-11-/t15-,18-,21-/m0/s1. The minimum atomic E-state index is -1.10. The largest absolute Gasteiger partial charge is 0.478 e. The van der Waals surface area contributed by atoms with E-state index >= 15 is 0 Å². The van der Waals surface area contributed by atoms with E-state index in [0.717, 1.165) is 12.8 Å². The SMILES string of the molecule is C[C@]12CCCC[C@H]1[C@H]2C(=O)N/N=C\c1ccc(-c2ccc(Cl)c(C(=O)O)c2)o1. The van der Waals surface area contributed by atoms with Crippen molar-refractivity contribution in [1.29, 1.82) is 0 Å². The molecule has 6 nitrogen and oxygen atoms in total. The molecular weight excluding hydrogens is 380 g/mol. The highest BCUT2D eigenvalue weighted by Crippen LogP contribution is 2.66. The topological polar surface area (TPSA) is 91.9 Å². The van der Waals surface area contributed by atoms with Crippen LogP contribution in [0.5, 0.6) is 0 Å². The van der Waals surface area contributed by atoms with Crippen molar-refractivity contribution >= 4 is 29.7 Å². The first-order valence-electron chi connectivity index (χ1n) is 9.36. The van der Waals surface area contributed by atoms with Gasteiger partial charge in [-0.25, -0.2) is 10.2 Å². The third-order valence-corrected chi connectivity index (χ3v) is 6.42. The number of nitrogens with zero attached hydrogens (tertiary/aromatic N) is 1. The molecule has 146 valence electrons. The van der Waals surface area contributed by atoms with Gasteiger partial charge in [-0.3, -0.25) is 4.79 Å². The maximum absolute atomic E-state index is 12.4. The van der Waals surface area contributed by atoms with E-state index in [2.05, 4.69) is 17.5 Å². The monoisotopic (exact) mass is 400 g/mol. The molecule has 2 saturated carbocycles. The molecule has 1 aromatic carbocycles. The third-order valence-electron chi connectivity index (χ3n) is 6.09. The van der Waals surface area contributed by atoms with Crippen LogP contribution in [0.4, 0.5) is 0 Å². The Kier molecular flexibility index (Phi) is 4.75. The number of rotatable bonds is 5. The number of carbonyl (C=O) groups excluding carboxylic acids is 1. The molecule has 4 rings (SSSR count). The predicted octanol–water partition coefficient (Wildman–Crippen LogP) is 4.57. The van der Waals surface area contributed by atoms with Gasteiger partial charge in [0.25, 0.3) is 0 Å². The number of fused-ring (bicyclic) bond motifs is 1. The van der Waals surface area contributed by atoms with Crippen LogP contribution in [-0.2, 0) is 4.79 Å². The van der Waals surface area contributed by atoms with Crippen molar-refractivity contribution in [3.05, 3.63) is 46.7 Å². The number of nitrogens with one attached hydrogen (secondary N) is 1. The number of carboxylic acid groups (broad SMARTS) is 1. The van der Waals surface area contributed by atoms with E-state index in [1.54, 1.807) is 18.2 Å². The van der Waals surface area contributed by atoms with Crippen molar-refractivity contribution in [1.82, 2.24) is 5.43 Å². The van der Waals surface area contributed by atoms with Crippen LogP contribution in [0, 0.1) is 17.3 Å². The zero-order valence-corrected chi connectivity index (χ0v) is 16.2. The van der Waals surface area contributed by atoms with Gasteiger partial charge in [-0.15, -0.1) is 0 Å². The molecule has 0 radical (unpaired) electrons. The van der Waals surface area contributed by atoms with Gasteiger partial charge in [0.05, 0.1) is 16.8 Å². The molecule has 0 spiro atoms. The Morgan fingerprint density at radius 2 is 2.14 bits per heavy atom. The highest BCUT2D eigenvalue weighted by Gasteiger charge is 2.64. The van der Waals surface area contributed by atoms with E-state index in [9.17, 15) is 14.7 Å². The Bertz CT molecular complexity index is 967. The van der Waals surface area contributed by atoms with Gasteiger partial charge in [0, 0.05) is 11.5 Å². The number of furan rings is 1. The van der Waals surface area contributed by atoms with Gasteiger partial charge in [-0.2, -0.15) is 5.10 Å². The van der Waals surface area contributed by atoms with Gasteiger partial charge in [-0.05, 0) is 54.5 Å². The number of hydrogen-bond acceptors (Lipinski definition) is 4. The van der Waals surface area contributed by atoms with Crippen LogP contribution >= 0.6 is 11.6 Å². The zero-order valence-electron chi connectivity index (χ0n) is 15.4. The average Bonchev–Trinajstić information content (AvgIpc) is 3.02. The van der Waals surface area contributed by atoms with Crippen molar-refractivity contribution < 1.29 is 19.1 Å². The quantitative estimate of drug-likeness (QED) is 0.567. The van der Waals surface area contributed by atoms with E-state index in [1.807, 2.05) is 0 Å². The van der Waals surface area contributed by atoms with Crippen molar-refractivity contribution in [2.75, 3.05) is 0 Å². The highest BCUT2D eigenvalue weighted by molar-refractivity contribution is 6.33. The second-order valence-corrected chi connectivity index (χ2v) is 8.18. The third kappa shape index (κ3) is 3.33. The Morgan fingerprint density at radius 1 is 1.32 bits per heavy atom. The minimum absolute atomic E-state index is 0.0115. The van der Waals surface area contributed by atoms with E-state index in [1.165, 1.54) is 31.2 Å². The summed E-state index contributed by atoms with van der Waals surface area (Å²) in [5.74, 6) is 0.371. The highest BCUT2D eigenvalue weighted by atomic mass is 35.5. The summed E-state index contributed by atoms with van der Waals surface area (Å²) in [5, 5.41) is 13.4. The smallest absolute Gasteiger partial charge is 0.337 e. The molecule has 1 heterocycles. The number of aromatic carboxylic acids is 1. The van der Waals surface area contributed by atoms with Gasteiger partial charge >= 0.3 is 5.97 Å². The van der Waals surface area contributed by atoms with Crippen LogP contribution in [0.3, 0.4) is 0 Å². The second-order valence-electron chi connectivity index (χ2n) is 7.77. The average molecular weight is 401 g/mol. The lowest BCUT2D eigenvalue weighted by Crippen LogP contribution is -2.22. The molecule has 0 unspecified atom stereocenters. The first kappa shape index (κ1) is 18.7. The summed E-state index contributed by atoms with van der Waals surface area (Å²) in [7, 11) is 0. The van der Waals surface area contributed by atoms with Crippen LogP contribution < -0.4 is 5.43 Å². The molecule has 2 N–H and O–H groups in total. The first-order chi connectivity index (χ1) is 13.4. The predicted molar refractivity (Wildman–Crippen MR) is 105 cm³/mol. The summed E-state index contributed by atoms with van der Waals surface area (Å²) in [6.07, 6.45) is 6.09. The molecule has 1 amide bonds. The van der Waals surface area contributed by atoms with Crippen molar-refractivity contribution in [3.63, 3.8) is 0 Å². The van der Waals surface area contributed by atoms with Crippen molar-refractivity contribution in [2.24, 2.45) is 22.4 Å². The summed E-state index contributed by atoms with van der Waals surface area (Å²) >= 11 is 5.89. The number of carboxylic acids is 1. The number of halogens is 1. The lowest BCUT2D eigenvalue weighted by molar-refractivity contribution is -0.123. The van der Waals surface area contributed by atoms with Crippen molar-refractivity contribution in [2.45, 2.75) is 32.6 Å². The minimum Gasteiger partial charge on any atom is -0.478 e.